The summed E-state index contributed by atoms with van der Waals surface area (Å²) in [5, 5.41) is 39.8. The van der Waals surface area contributed by atoms with Gasteiger partial charge >= 0.3 is 7.12 Å². The summed E-state index contributed by atoms with van der Waals surface area (Å²) in [4.78, 5) is 33.9. The molecule has 424 valence electrons. The van der Waals surface area contributed by atoms with E-state index in [2.05, 4.69) is 95.5 Å². The summed E-state index contributed by atoms with van der Waals surface area (Å²) in [6.07, 6.45) is 8.79. The Balaban J connectivity index is 0.000000234. The molecule has 0 fully saturated rings. The fraction of sp³-hybridized carbons (Fsp3) is 0.322. The van der Waals surface area contributed by atoms with Crippen LogP contribution in [0.4, 0.5) is 11.5 Å². The van der Waals surface area contributed by atoms with Crippen LogP contribution in [0.1, 0.15) is 95.2 Å². The van der Waals surface area contributed by atoms with Gasteiger partial charge in [0, 0.05) is 71.4 Å². The van der Waals surface area contributed by atoms with Crippen molar-refractivity contribution in [3.63, 3.8) is 0 Å². The van der Waals surface area contributed by atoms with Crippen molar-refractivity contribution in [3.8, 4) is 40.2 Å². The minimum Gasteiger partial charge on any atom is -0.505 e. The zero-order valence-electron chi connectivity index (χ0n) is 47.1. The van der Waals surface area contributed by atoms with Gasteiger partial charge in [-0.1, -0.05) is 64.7 Å². The Morgan fingerprint density at radius 3 is 1.38 bits per heavy atom. The number of aryl methyl sites for hydroxylation is 4. The molecule has 0 atom stereocenters. The van der Waals surface area contributed by atoms with E-state index < -0.39 is 12.7 Å². The third kappa shape index (κ3) is 25.3. The molecule has 0 unspecified atom stereocenters. The first-order valence-corrected chi connectivity index (χ1v) is 28.6. The van der Waals surface area contributed by atoms with Gasteiger partial charge in [-0.05, 0) is 203 Å². The number of nitrogens with zero attached hydrogens (tertiary/aromatic N) is 8. The third-order valence-corrected chi connectivity index (χ3v) is 12.4. The van der Waals surface area contributed by atoms with Gasteiger partial charge in [-0.15, -0.1) is 0 Å². The maximum absolute atomic E-state index is 10.2. The molecule has 0 radical (unpaired) electrons. The van der Waals surface area contributed by atoms with Crippen LogP contribution in [0, 0.1) is 52.8 Å². The van der Waals surface area contributed by atoms with E-state index in [1.807, 2.05) is 119 Å². The van der Waals surface area contributed by atoms with E-state index in [1.54, 1.807) is 81.1 Å². The van der Waals surface area contributed by atoms with Crippen LogP contribution in [0.15, 0.2) is 122 Å². The molecule has 0 amide bonds. The third-order valence-electron chi connectivity index (χ3n) is 10.4. The van der Waals surface area contributed by atoms with Crippen molar-refractivity contribution in [3.05, 3.63) is 179 Å². The molecule has 0 aromatic carbocycles. The van der Waals surface area contributed by atoms with Crippen LogP contribution in [0.3, 0.4) is 0 Å². The molecule has 80 heavy (non-hydrogen) atoms. The number of aromatic hydroxyl groups is 1. The predicted molar refractivity (Wildman–Crippen MR) is 336 cm³/mol. The molecule has 16 nitrogen and oxygen atoms in total. The number of hydrogen-bond donors (Lipinski definition) is 5. The molecule has 0 saturated carbocycles. The highest BCUT2D eigenvalue weighted by atomic mass is 127. The van der Waals surface area contributed by atoms with E-state index in [0.717, 1.165) is 67.9 Å². The summed E-state index contributed by atoms with van der Waals surface area (Å²) in [6, 6.07) is 29.2. The lowest BCUT2D eigenvalue weighted by Gasteiger charge is -2.17. The van der Waals surface area contributed by atoms with Gasteiger partial charge in [0.2, 0.25) is 0 Å². The number of anilines is 2. The van der Waals surface area contributed by atoms with Gasteiger partial charge in [-0.25, -0.2) is 24.9 Å². The van der Waals surface area contributed by atoms with E-state index in [1.165, 1.54) is 0 Å². The standard InChI is InChI=1S/C23H28N4O2.C15H17ClN2O.C11H8ClIN2O.C6H6INO.C4H11BO2/c1-15(2)12-19-20(7-6-16(3)26-19)29-18-9-11-25-22(14-18)27-17-8-10-24-21(13-17)23(4,5)28;1-10(2)8-13-14(5-4-11(3)18-13)19-12-6-7-17-15(16)9-12;1-7-2-3-9(11(13)15-7)16-8-4-5-14-10(12)6-8;1-4-2-3-5(9)6(7)8-4;1-4(2)3-5(6)7/h6-11,13-15,28H,12H2,1-5H3,(H,24,25,27);4-7,9-10H,8H2,1-3H3;2-6H,1H3;2-3,9H,1H3;4,6-7H,3H2,1-2H3. The highest BCUT2D eigenvalue weighted by molar-refractivity contribution is 14.1. The summed E-state index contributed by atoms with van der Waals surface area (Å²) in [7, 11) is -1.13. The van der Waals surface area contributed by atoms with Gasteiger partial charge in [-0.2, -0.15) is 0 Å². The topological polar surface area (TPSA) is 224 Å². The van der Waals surface area contributed by atoms with Crippen molar-refractivity contribution in [2.75, 3.05) is 5.32 Å². The van der Waals surface area contributed by atoms with Crippen molar-refractivity contribution in [2.45, 2.75) is 108 Å². The second-order valence-electron chi connectivity index (χ2n) is 20.0. The highest BCUT2D eigenvalue weighted by Gasteiger charge is 2.18. The van der Waals surface area contributed by atoms with Crippen molar-refractivity contribution in [2.24, 2.45) is 17.8 Å². The normalized spacial score (nSPS) is 10.7. The molecule has 21 heteroatoms. The van der Waals surface area contributed by atoms with Gasteiger partial charge in [0.25, 0.3) is 0 Å². The average molecular weight is 1350 g/mol. The summed E-state index contributed by atoms with van der Waals surface area (Å²) in [6.45, 7) is 23.8. The van der Waals surface area contributed by atoms with E-state index in [4.69, 9.17) is 52.6 Å². The van der Waals surface area contributed by atoms with Crippen LogP contribution < -0.4 is 19.5 Å². The Bertz CT molecular complexity index is 3210. The smallest absolute Gasteiger partial charge is 0.451 e. The van der Waals surface area contributed by atoms with Crippen LogP contribution in [0.2, 0.25) is 16.6 Å². The van der Waals surface area contributed by atoms with Crippen LogP contribution in [0.5, 0.6) is 40.2 Å². The first kappa shape index (κ1) is 66.7. The number of hydrogen-bond acceptors (Lipinski definition) is 16. The van der Waals surface area contributed by atoms with E-state index in [-0.39, 0.29) is 5.75 Å². The first-order chi connectivity index (χ1) is 37.7. The molecule has 5 N–H and O–H groups in total. The highest BCUT2D eigenvalue weighted by Crippen LogP contribution is 2.31. The fourth-order valence-electron chi connectivity index (χ4n) is 6.79. The minimum atomic E-state index is -1.13. The van der Waals surface area contributed by atoms with E-state index in [0.29, 0.717) is 72.6 Å². The number of rotatable bonds is 15. The molecule has 8 aromatic rings. The van der Waals surface area contributed by atoms with Crippen LogP contribution in [-0.4, -0.2) is 67.3 Å². The molecule has 0 spiro atoms. The maximum atomic E-state index is 10.2. The van der Waals surface area contributed by atoms with E-state index in [9.17, 15) is 5.11 Å². The van der Waals surface area contributed by atoms with Crippen molar-refractivity contribution in [1.29, 1.82) is 0 Å². The number of pyridine rings is 8. The van der Waals surface area contributed by atoms with Gasteiger partial charge in [0.1, 0.15) is 63.6 Å². The number of aromatic nitrogens is 8. The first-order valence-electron chi connectivity index (χ1n) is 25.7. The molecule has 8 rings (SSSR count). The molecular formula is C59H70BCl2I2N9O7. The second kappa shape index (κ2) is 33.2. The average Bonchev–Trinajstić information content (AvgIpc) is 3.36. The quantitative estimate of drug-likeness (QED) is 0.0366. The summed E-state index contributed by atoms with van der Waals surface area (Å²) in [5.74, 6) is 6.54. The van der Waals surface area contributed by atoms with Crippen LogP contribution in [-0.2, 0) is 18.4 Å². The number of nitrogens with one attached hydrogen (secondary N) is 1. The van der Waals surface area contributed by atoms with Crippen molar-refractivity contribution in [1.82, 2.24) is 39.9 Å². The Morgan fingerprint density at radius 2 is 0.963 bits per heavy atom. The largest absolute Gasteiger partial charge is 0.505 e. The number of ether oxygens (including phenoxy) is 3. The Morgan fingerprint density at radius 1 is 0.537 bits per heavy atom. The zero-order valence-corrected chi connectivity index (χ0v) is 52.9. The van der Waals surface area contributed by atoms with Crippen molar-refractivity contribution < 1.29 is 34.5 Å². The van der Waals surface area contributed by atoms with Gasteiger partial charge in [0.05, 0.1) is 17.1 Å². The molecule has 0 bridgehead atoms. The lowest BCUT2D eigenvalue weighted by atomic mass is 9.80. The summed E-state index contributed by atoms with van der Waals surface area (Å²) >= 11 is 15.7. The lowest BCUT2D eigenvalue weighted by molar-refractivity contribution is 0.0739. The molecule has 8 aromatic heterocycles. The predicted octanol–water partition coefficient (Wildman–Crippen LogP) is 15.2. The molecule has 0 aliphatic heterocycles. The van der Waals surface area contributed by atoms with Gasteiger partial charge < -0.3 is 39.8 Å². The summed E-state index contributed by atoms with van der Waals surface area (Å²) < 4.78 is 19.1. The number of halogens is 4. The van der Waals surface area contributed by atoms with E-state index >= 15 is 0 Å². The number of aliphatic hydroxyl groups is 1. The zero-order chi connectivity index (χ0) is 59.1. The van der Waals surface area contributed by atoms with Crippen molar-refractivity contribution >= 4 is 87.0 Å². The molecular weight excluding hydrogens is 1280 g/mol. The monoisotopic (exact) mass is 1350 g/mol. The van der Waals surface area contributed by atoms with Gasteiger partial charge in [-0.3, -0.25) is 15.0 Å². The Labute approximate surface area is 508 Å². The fourth-order valence-corrected chi connectivity index (χ4v) is 8.34. The Kier molecular flexibility index (Phi) is 27.7. The minimum absolute atomic E-state index is 0.251. The molecule has 0 aliphatic rings. The molecule has 8 heterocycles. The molecule has 0 saturated heterocycles. The summed E-state index contributed by atoms with van der Waals surface area (Å²) in [5.41, 5.74) is 6.15. The second-order valence-corrected chi connectivity index (χ2v) is 22.8. The maximum Gasteiger partial charge on any atom is 0.451 e. The van der Waals surface area contributed by atoms with Crippen LogP contribution in [0.25, 0.3) is 0 Å². The lowest BCUT2D eigenvalue weighted by Crippen LogP contribution is -2.17. The van der Waals surface area contributed by atoms with Crippen LogP contribution >= 0.6 is 68.4 Å². The SMILES string of the molecule is CC(C)CB(O)O.Cc1ccc(O)c(I)n1.Cc1ccc(Oc2ccnc(Cl)c2)c(CC(C)C)n1.Cc1ccc(Oc2ccnc(Cl)c2)c(I)n1.Cc1ccc(Oc2ccnc(Nc3ccnc(C(C)(C)O)c3)c2)c(CC(C)C)n1. The molecule has 0 aliphatic carbocycles. The van der Waals surface area contributed by atoms with Gasteiger partial charge in [0.15, 0.2) is 5.75 Å². The Hall–Kier alpha value is -5.82.